The highest BCUT2D eigenvalue weighted by molar-refractivity contribution is 5.55. The van der Waals surface area contributed by atoms with Gasteiger partial charge in [0.2, 0.25) is 5.88 Å². The number of benzene rings is 1. The Bertz CT molecular complexity index is 578. The minimum atomic E-state index is -0.709. The van der Waals surface area contributed by atoms with Crippen molar-refractivity contribution in [2.75, 3.05) is 7.11 Å². The zero-order valence-corrected chi connectivity index (χ0v) is 9.10. The molecule has 1 aromatic rings. The zero-order valence-electron chi connectivity index (χ0n) is 9.10. The molecular formula is C12H9N3O2. The Hall–Kier alpha value is -2.66. The second-order valence-corrected chi connectivity index (χ2v) is 3.46. The molecule has 0 radical (unpaired) electrons. The van der Waals surface area contributed by atoms with Crippen LogP contribution >= 0.6 is 0 Å². The average Bonchev–Trinajstić information content (AvgIpc) is 2.36. The lowest BCUT2D eigenvalue weighted by Gasteiger charge is -2.21. The van der Waals surface area contributed by atoms with Crippen molar-refractivity contribution in [3.05, 3.63) is 35.2 Å². The minimum absolute atomic E-state index is 0.0169. The van der Waals surface area contributed by atoms with Crippen molar-refractivity contribution in [3.63, 3.8) is 0 Å². The van der Waals surface area contributed by atoms with Crippen LogP contribution < -0.4 is 15.2 Å². The number of nitrogens with zero attached hydrogens (tertiary/aromatic N) is 2. The molecule has 2 rings (SSSR count). The van der Waals surface area contributed by atoms with E-state index in [4.69, 9.17) is 25.7 Å². The van der Waals surface area contributed by atoms with E-state index < -0.39 is 5.92 Å². The monoisotopic (exact) mass is 227 g/mol. The maximum atomic E-state index is 9.13. The van der Waals surface area contributed by atoms with Crippen molar-refractivity contribution >= 4 is 0 Å². The molecule has 1 aliphatic rings. The number of hydrogen-bond donors (Lipinski definition) is 1. The van der Waals surface area contributed by atoms with Crippen molar-refractivity contribution in [3.8, 4) is 23.6 Å². The lowest BCUT2D eigenvalue weighted by atomic mass is 9.90. The Kier molecular flexibility index (Phi) is 2.60. The maximum absolute atomic E-state index is 9.13. The molecule has 1 atom stereocenters. The van der Waals surface area contributed by atoms with Crippen LogP contribution in [0.3, 0.4) is 0 Å². The lowest BCUT2D eigenvalue weighted by Crippen LogP contribution is -2.19. The van der Waals surface area contributed by atoms with Crippen molar-refractivity contribution in [1.29, 1.82) is 10.5 Å². The summed E-state index contributed by atoms with van der Waals surface area (Å²) in [7, 11) is 1.53. The van der Waals surface area contributed by atoms with Gasteiger partial charge in [0.25, 0.3) is 0 Å². The SMILES string of the molecule is COc1ccc2c(c1)C(C#N)C(C#N)=C(N)O2. The fourth-order valence-electron chi connectivity index (χ4n) is 1.70. The standard InChI is InChI=1S/C12H9N3O2/c1-16-7-2-3-11-8(4-7)9(5-13)10(6-14)12(15)17-11/h2-4,9H,15H2,1H3. The largest absolute Gasteiger partial charge is 0.497 e. The number of allylic oxidation sites excluding steroid dienone is 1. The highest BCUT2D eigenvalue weighted by Gasteiger charge is 2.29. The van der Waals surface area contributed by atoms with Crippen LogP contribution in [0.5, 0.6) is 11.5 Å². The van der Waals surface area contributed by atoms with Gasteiger partial charge in [-0.25, -0.2) is 0 Å². The molecule has 0 saturated heterocycles. The van der Waals surface area contributed by atoms with Gasteiger partial charge < -0.3 is 15.2 Å². The Morgan fingerprint density at radius 3 is 2.76 bits per heavy atom. The van der Waals surface area contributed by atoms with Gasteiger partial charge in [0.1, 0.15) is 29.1 Å². The lowest BCUT2D eigenvalue weighted by molar-refractivity contribution is 0.387. The van der Waals surface area contributed by atoms with Crippen molar-refractivity contribution in [1.82, 2.24) is 0 Å². The summed E-state index contributed by atoms with van der Waals surface area (Å²) in [6.45, 7) is 0. The molecule has 2 N–H and O–H groups in total. The van der Waals surface area contributed by atoms with Crippen molar-refractivity contribution < 1.29 is 9.47 Å². The maximum Gasteiger partial charge on any atom is 0.206 e. The molecule has 1 unspecified atom stereocenters. The molecule has 1 heterocycles. The fraction of sp³-hybridized carbons (Fsp3) is 0.167. The third kappa shape index (κ3) is 1.64. The summed E-state index contributed by atoms with van der Waals surface area (Å²) in [6, 6.07) is 8.99. The fourth-order valence-corrected chi connectivity index (χ4v) is 1.70. The third-order valence-electron chi connectivity index (χ3n) is 2.55. The van der Waals surface area contributed by atoms with Gasteiger partial charge in [0, 0.05) is 5.56 Å². The number of methoxy groups -OCH3 is 1. The highest BCUT2D eigenvalue weighted by atomic mass is 16.5. The van der Waals surface area contributed by atoms with E-state index in [0.717, 1.165) is 0 Å². The second kappa shape index (κ2) is 4.07. The van der Waals surface area contributed by atoms with Gasteiger partial charge in [-0.2, -0.15) is 10.5 Å². The average molecular weight is 227 g/mol. The molecule has 84 valence electrons. The summed E-state index contributed by atoms with van der Waals surface area (Å²) >= 11 is 0. The molecule has 0 amide bonds. The van der Waals surface area contributed by atoms with Crippen LogP contribution in [-0.4, -0.2) is 7.11 Å². The van der Waals surface area contributed by atoms with E-state index in [-0.39, 0.29) is 11.5 Å². The second-order valence-electron chi connectivity index (χ2n) is 3.46. The summed E-state index contributed by atoms with van der Waals surface area (Å²) in [5, 5.41) is 18.1. The summed E-state index contributed by atoms with van der Waals surface area (Å²) in [6.07, 6.45) is 0. The van der Waals surface area contributed by atoms with Crippen LogP contribution in [0.25, 0.3) is 0 Å². The highest BCUT2D eigenvalue weighted by Crippen LogP contribution is 2.39. The Morgan fingerprint density at radius 1 is 1.41 bits per heavy atom. The van der Waals surface area contributed by atoms with E-state index in [1.807, 2.05) is 12.1 Å². The van der Waals surface area contributed by atoms with Crippen LogP contribution in [0.4, 0.5) is 0 Å². The first-order chi connectivity index (χ1) is 8.21. The molecule has 0 aliphatic carbocycles. The summed E-state index contributed by atoms with van der Waals surface area (Å²) in [5.41, 5.74) is 6.32. The molecular weight excluding hydrogens is 218 g/mol. The van der Waals surface area contributed by atoms with E-state index in [1.54, 1.807) is 18.2 Å². The first-order valence-electron chi connectivity index (χ1n) is 4.86. The van der Waals surface area contributed by atoms with Gasteiger partial charge in [-0.3, -0.25) is 0 Å². The number of nitriles is 2. The van der Waals surface area contributed by atoms with Crippen molar-refractivity contribution in [2.24, 2.45) is 5.73 Å². The summed E-state index contributed by atoms with van der Waals surface area (Å²) < 4.78 is 10.4. The molecule has 5 nitrogen and oxygen atoms in total. The quantitative estimate of drug-likeness (QED) is 0.782. The number of rotatable bonds is 1. The Balaban J connectivity index is 2.59. The summed E-state index contributed by atoms with van der Waals surface area (Å²) in [4.78, 5) is 0. The first kappa shape index (κ1) is 10.8. The van der Waals surface area contributed by atoms with Crippen LogP contribution in [0.15, 0.2) is 29.7 Å². The Labute approximate surface area is 98.3 Å². The van der Waals surface area contributed by atoms with Gasteiger partial charge in [0.05, 0.1) is 13.2 Å². The van der Waals surface area contributed by atoms with Crippen LogP contribution in [0.1, 0.15) is 11.5 Å². The zero-order chi connectivity index (χ0) is 12.4. The Morgan fingerprint density at radius 2 is 2.18 bits per heavy atom. The number of fused-ring (bicyclic) bond motifs is 1. The van der Waals surface area contributed by atoms with E-state index in [0.29, 0.717) is 17.1 Å². The molecule has 17 heavy (non-hydrogen) atoms. The number of nitrogens with two attached hydrogens (primary N) is 1. The molecule has 5 heteroatoms. The topological polar surface area (TPSA) is 92.1 Å². The van der Waals surface area contributed by atoms with Crippen LogP contribution in [0, 0.1) is 22.7 Å². The molecule has 0 spiro atoms. The smallest absolute Gasteiger partial charge is 0.206 e. The molecule has 1 aliphatic heterocycles. The van der Waals surface area contributed by atoms with Gasteiger partial charge in [-0.15, -0.1) is 0 Å². The van der Waals surface area contributed by atoms with Crippen molar-refractivity contribution in [2.45, 2.75) is 5.92 Å². The van der Waals surface area contributed by atoms with Gasteiger partial charge >= 0.3 is 0 Å². The molecule has 1 aromatic carbocycles. The normalized spacial score (nSPS) is 17.5. The minimum Gasteiger partial charge on any atom is -0.497 e. The third-order valence-corrected chi connectivity index (χ3v) is 2.55. The molecule has 0 aromatic heterocycles. The predicted molar refractivity (Wildman–Crippen MR) is 58.8 cm³/mol. The van der Waals surface area contributed by atoms with Crippen LogP contribution in [-0.2, 0) is 0 Å². The van der Waals surface area contributed by atoms with E-state index >= 15 is 0 Å². The van der Waals surface area contributed by atoms with E-state index in [1.165, 1.54) is 7.11 Å². The predicted octanol–water partition coefficient (Wildman–Crippen LogP) is 1.39. The molecule has 0 saturated carbocycles. The first-order valence-corrected chi connectivity index (χ1v) is 4.86. The summed E-state index contributed by atoms with van der Waals surface area (Å²) in [5.74, 6) is 0.356. The van der Waals surface area contributed by atoms with Crippen LogP contribution in [0.2, 0.25) is 0 Å². The molecule has 0 bridgehead atoms. The van der Waals surface area contributed by atoms with Gasteiger partial charge in [-0.05, 0) is 18.2 Å². The number of ether oxygens (including phenoxy) is 2. The van der Waals surface area contributed by atoms with Gasteiger partial charge in [0.15, 0.2) is 0 Å². The van der Waals surface area contributed by atoms with Gasteiger partial charge in [-0.1, -0.05) is 0 Å². The van der Waals surface area contributed by atoms with E-state index in [9.17, 15) is 0 Å². The number of hydrogen-bond acceptors (Lipinski definition) is 5. The van der Waals surface area contributed by atoms with E-state index in [2.05, 4.69) is 0 Å². The molecule has 0 fully saturated rings.